The molecule has 0 heterocycles. The number of aliphatic hydroxyl groups excluding tert-OH is 1. The fourth-order valence-electron chi connectivity index (χ4n) is 3.15. The van der Waals surface area contributed by atoms with E-state index in [0.717, 1.165) is 31.2 Å². The Bertz CT molecular complexity index is 590. The third-order valence-corrected chi connectivity index (χ3v) is 4.77. The van der Waals surface area contributed by atoms with Crippen molar-refractivity contribution in [3.63, 3.8) is 0 Å². The molecule has 2 atom stereocenters. The Kier molecular flexibility index (Phi) is 6.59. The van der Waals surface area contributed by atoms with E-state index in [2.05, 4.69) is 31.4 Å². The highest BCUT2D eigenvalue weighted by Gasteiger charge is 2.20. The zero-order valence-electron chi connectivity index (χ0n) is 15.5. The molecule has 0 saturated heterocycles. The van der Waals surface area contributed by atoms with Gasteiger partial charge in [-0.05, 0) is 48.3 Å². The Morgan fingerprint density at radius 1 is 1.12 bits per heavy atom. The summed E-state index contributed by atoms with van der Waals surface area (Å²) in [6.07, 6.45) is 3.39. The monoisotopic (exact) mass is 346 g/mol. The molecule has 0 aliphatic heterocycles. The number of hydrogen-bond acceptors (Lipinski definition) is 3. The number of carbonyl (C=O) groups excluding carboxylic acids is 2. The molecule has 1 aromatic carbocycles. The zero-order chi connectivity index (χ0) is 18.4. The molecule has 1 fully saturated rings. The minimum absolute atomic E-state index is 0.0326. The van der Waals surface area contributed by atoms with Gasteiger partial charge >= 0.3 is 0 Å². The fraction of sp³-hybridized carbons (Fsp3) is 0.600. The maximum absolute atomic E-state index is 12.1. The van der Waals surface area contributed by atoms with E-state index in [1.54, 1.807) is 12.1 Å². The smallest absolute Gasteiger partial charge is 0.251 e. The van der Waals surface area contributed by atoms with E-state index < -0.39 is 0 Å². The summed E-state index contributed by atoms with van der Waals surface area (Å²) in [4.78, 5) is 24.0. The molecule has 25 heavy (non-hydrogen) atoms. The van der Waals surface area contributed by atoms with Crippen LogP contribution in [0.5, 0.6) is 0 Å². The number of hydrogen-bond donors (Lipinski definition) is 3. The first-order valence-electron chi connectivity index (χ1n) is 9.09. The maximum Gasteiger partial charge on any atom is 0.251 e. The van der Waals surface area contributed by atoms with Gasteiger partial charge in [0.05, 0.1) is 12.6 Å². The van der Waals surface area contributed by atoms with Crippen molar-refractivity contribution in [2.24, 2.45) is 5.92 Å². The van der Waals surface area contributed by atoms with E-state index in [-0.39, 0.29) is 29.9 Å². The van der Waals surface area contributed by atoms with Gasteiger partial charge in [0.25, 0.3) is 5.91 Å². The van der Waals surface area contributed by atoms with Crippen LogP contribution in [0.2, 0.25) is 0 Å². The second-order valence-electron chi connectivity index (χ2n) is 8.00. The molecule has 3 N–H and O–H groups in total. The van der Waals surface area contributed by atoms with Crippen LogP contribution in [0.4, 0.5) is 0 Å². The molecule has 0 aromatic heterocycles. The average molecular weight is 346 g/mol. The Morgan fingerprint density at radius 2 is 1.80 bits per heavy atom. The highest BCUT2D eigenvalue weighted by atomic mass is 16.3. The molecule has 0 spiro atoms. The van der Waals surface area contributed by atoms with Gasteiger partial charge in [-0.25, -0.2) is 0 Å². The van der Waals surface area contributed by atoms with Crippen LogP contribution in [0, 0.1) is 5.92 Å². The number of aliphatic hydroxyl groups is 1. The summed E-state index contributed by atoms with van der Waals surface area (Å²) in [7, 11) is 0. The maximum atomic E-state index is 12.1. The van der Waals surface area contributed by atoms with Gasteiger partial charge in [-0.1, -0.05) is 39.3 Å². The minimum atomic E-state index is -0.247. The van der Waals surface area contributed by atoms with Gasteiger partial charge in [0.2, 0.25) is 5.91 Å². The molecule has 138 valence electrons. The summed E-state index contributed by atoms with van der Waals surface area (Å²) in [5, 5.41) is 15.1. The molecule has 0 radical (unpaired) electrons. The lowest BCUT2D eigenvalue weighted by molar-refractivity contribution is -0.120. The largest absolute Gasteiger partial charge is 0.393 e. The van der Waals surface area contributed by atoms with Crippen LogP contribution in [0.25, 0.3) is 0 Å². The molecule has 1 saturated carbocycles. The zero-order valence-corrected chi connectivity index (χ0v) is 15.5. The molecule has 0 bridgehead atoms. The van der Waals surface area contributed by atoms with Gasteiger partial charge < -0.3 is 15.7 Å². The average Bonchev–Trinajstić information content (AvgIpc) is 2.57. The van der Waals surface area contributed by atoms with E-state index in [9.17, 15) is 14.7 Å². The van der Waals surface area contributed by atoms with Crippen LogP contribution >= 0.6 is 0 Å². The minimum Gasteiger partial charge on any atom is -0.393 e. The lowest BCUT2D eigenvalue weighted by atomic mass is 9.87. The molecule has 2 unspecified atom stereocenters. The third-order valence-electron chi connectivity index (χ3n) is 4.77. The number of carbonyl (C=O) groups is 2. The number of benzene rings is 1. The van der Waals surface area contributed by atoms with Crippen molar-refractivity contribution in [1.29, 1.82) is 0 Å². The van der Waals surface area contributed by atoms with Crippen molar-refractivity contribution in [2.75, 3.05) is 13.1 Å². The Labute approximate surface area is 150 Å². The molecular weight excluding hydrogens is 316 g/mol. The fourth-order valence-corrected chi connectivity index (χ4v) is 3.15. The lowest BCUT2D eigenvalue weighted by Gasteiger charge is -2.25. The van der Waals surface area contributed by atoms with E-state index in [0.29, 0.717) is 18.0 Å². The molecule has 2 rings (SSSR count). The SMILES string of the molecule is CC(C)(C)c1ccc(C(=O)NCC(=O)NCC2CCCC(O)C2)cc1. The first kappa shape index (κ1) is 19.4. The van der Waals surface area contributed by atoms with Crippen molar-refractivity contribution in [3.05, 3.63) is 35.4 Å². The second-order valence-corrected chi connectivity index (χ2v) is 8.00. The molecule has 1 aliphatic carbocycles. The molecule has 2 amide bonds. The summed E-state index contributed by atoms with van der Waals surface area (Å²) in [5.41, 5.74) is 1.76. The predicted molar refractivity (Wildman–Crippen MR) is 98.4 cm³/mol. The van der Waals surface area contributed by atoms with Crippen LogP contribution in [0.15, 0.2) is 24.3 Å². The molecule has 5 nitrogen and oxygen atoms in total. The van der Waals surface area contributed by atoms with E-state index in [1.165, 1.54) is 0 Å². The highest BCUT2D eigenvalue weighted by molar-refractivity contribution is 5.96. The van der Waals surface area contributed by atoms with Crippen LogP contribution in [0.1, 0.15) is 62.4 Å². The van der Waals surface area contributed by atoms with Crippen LogP contribution in [-0.2, 0) is 10.2 Å². The van der Waals surface area contributed by atoms with Crippen LogP contribution in [-0.4, -0.2) is 36.1 Å². The number of amides is 2. The molecular formula is C20H30N2O3. The highest BCUT2D eigenvalue weighted by Crippen LogP contribution is 2.23. The molecule has 1 aromatic rings. The van der Waals surface area contributed by atoms with Crippen molar-refractivity contribution in [1.82, 2.24) is 10.6 Å². The summed E-state index contributed by atoms with van der Waals surface area (Å²) >= 11 is 0. The van der Waals surface area contributed by atoms with E-state index in [1.807, 2.05) is 12.1 Å². The first-order chi connectivity index (χ1) is 11.8. The topological polar surface area (TPSA) is 78.4 Å². The summed E-state index contributed by atoms with van der Waals surface area (Å²) in [5.74, 6) is -0.114. The van der Waals surface area contributed by atoms with Gasteiger partial charge in [0, 0.05) is 12.1 Å². The van der Waals surface area contributed by atoms with E-state index >= 15 is 0 Å². The standard InChI is InChI=1S/C20H30N2O3/c1-20(2,3)16-9-7-15(8-10-16)19(25)22-13-18(24)21-12-14-5-4-6-17(23)11-14/h7-10,14,17,23H,4-6,11-13H2,1-3H3,(H,21,24)(H,22,25). The van der Waals surface area contributed by atoms with Gasteiger partial charge in [0.1, 0.15) is 0 Å². The quantitative estimate of drug-likeness (QED) is 0.766. The molecule has 5 heteroatoms. The summed E-state index contributed by atoms with van der Waals surface area (Å²) < 4.78 is 0. The first-order valence-corrected chi connectivity index (χ1v) is 9.09. The van der Waals surface area contributed by atoms with Gasteiger partial charge in [-0.3, -0.25) is 9.59 Å². The van der Waals surface area contributed by atoms with Gasteiger partial charge in [-0.15, -0.1) is 0 Å². The number of nitrogens with one attached hydrogen (secondary N) is 2. The van der Waals surface area contributed by atoms with Crippen molar-refractivity contribution < 1.29 is 14.7 Å². The Hall–Kier alpha value is -1.88. The van der Waals surface area contributed by atoms with Gasteiger partial charge in [0.15, 0.2) is 0 Å². The number of rotatable bonds is 5. The predicted octanol–water partition coefficient (Wildman–Crippen LogP) is 2.38. The van der Waals surface area contributed by atoms with E-state index in [4.69, 9.17) is 0 Å². The van der Waals surface area contributed by atoms with Crippen LogP contribution < -0.4 is 10.6 Å². The van der Waals surface area contributed by atoms with Crippen molar-refractivity contribution >= 4 is 11.8 Å². The Morgan fingerprint density at radius 3 is 2.40 bits per heavy atom. The van der Waals surface area contributed by atoms with Crippen molar-refractivity contribution in [3.8, 4) is 0 Å². The second kappa shape index (κ2) is 8.48. The molecule has 1 aliphatic rings. The van der Waals surface area contributed by atoms with Crippen LogP contribution in [0.3, 0.4) is 0 Å². The summed E-state index contributed by atoms with van der Waals surface area (Å²) in [6.45, 7) is 6.90. The van der Waals surface area contributed by atoms with Gasteiger partial charge in [-0.2, -0.15) is 0 Å². The van der Waals surface area contributed by atoms with Crippen molar-refractivity contribution in [2.45, 2.75) is 58.0 Å². The lowest BCUT2D eigenvalue weighted by Crippen LogP contribution is -2.40. The third kappa shape index (κ3) is 6.16. The summed E-state index contributed by atoms with van der Waals surface area (Å²) in [6, 6.07) is 7.47. The Balaban J connectivity index is 1.74. The normalized spacial score (nSPS) is 20.8.